The third-order valence-electron chi connectivity index (χ3n) is 3.20. The molecule has 0 saturated carbocycles. The molecule has 0 fully saturated rings. The average molecular weight is 350 g/mol. The van der Waals surface area contributed by atoms with E-state index in [9.17, 15) is 9.18 Å². The van der Waals surface area contributed by atoms with Crippen LogP contribution in [0.5, 0.6) is 0 Å². The van der Waals surface area contributed by atoms with Gasteiger partial charge in [-0.15, -0.1) is 0 Å². The second-order valence-corrected chi connectivity index (χ2v) is 5.71. The first-order valence-electron chi connectivity index (χ1n) is 6.90. The number of carbonyl (C=O) groups excluding carboxylic acids is 1. The minimum Gasteiger partial charge on any atom is -0.352 e. The van der Waals surface area contributed by atoms with Crippen LogP contribution in [0.1, 0.15) is 24.0 Å². The summed E-state index contributed by atoms with van der Waals surface area (Å²) in [5, 5.41) is 2.82. The van der Waals surface area contributed by atoms with Crippen molar-refractivity contribution in [3.63, 3.8) is 0 Å². The van der Waals surface area contributed by atoms with Crippen LogP contribution >= 0.6 is 15.9 Å². The zero-order chi connectivity index (χ0) is 15.1. The van der Waals surface area contributed by atoms with Crippen molar-refractivity contribution in [2.24, 2.45) is 0 Å². The lowest BCUT2D eigenvalue weighted by Crippen LogP contribution is -2.22. The van der Waals surface area contributed by atoms with Gasteiger partial charge in [-0.05, 0) is 42.2 Å². The Balaban J connectivity index is 1.74. The Morgan fingerprint density at radius 1 is 1.14 bits per heavy atom. The Kier molecular flexibility index (Phi) is 5.93. The van der Waals surface area contributed by atoms with E-state index in [0.29, 0.717) is 13.0 Å². The van der Waals surface area contributed by atoms with E-state index in [1.54, 1.807) is 6.07 Å². The highest BCUT2D eigenvalue weighted by Crippen LogP contribution is 2.17. The van der Waals surface area contributed by atoms with Gasteiger partial charge in [0.25, 0.3) is 0 Å². The quantitative estimate of drug-likeness (QED) is 0.830. The van der Waals surface area contributed by atoms with Gasteiger partial charge in [0.05, 0.1) is 0 Å². The summed E-state index contributed by atoms with van der Waals surface area (Å²) in [6, 6.07) is 14.5. The van der Waals surface area contributed by atoms with Crippen molar-refractivity contribution in [3.8, 4) is 0 Å². The molecule has 1 N–H and O–H groups in total. The van der Waals surface area contributed by atoms with Crippen molar-refractivity contribution in [3.05, 3.63) is 69.9 Å². The SMILES string of the molecule is O=C(CCCc1ccccc1)NCc1cc(F)ccc1Br. The molecule has 0 aliphatic rings. The molecule has 1 amide bonds. The maximum absolute atomic E-state index is 13.1. The summed E-state index contributed by atoms with van der Waals surface area (Å²) in [6.07, 6.45) is 2.17. The molecule has 0 unspecified atom stereocenters. The second-order valence-electron chi connectivity index (χ2n) is 4.85. The predicted molar refractivity (Wildman–Crippen MR) is 85.3 cm³/mol. The smallest absolute Gasteiger partial charge is 0.220 e. The fourth-order valence-electron chi connectivity index (χ4n) is 2.06. The van der Waals surface area contributed by atoms with Gasteiger partial charge in [-0.1, -0.05) is 46.3 Å². The number of benzene rings is 2. The number of aryl methyl sites for hydroxylation is 1. The summed E-state index contributed by atoms with van der Waals surface area (Å²) in [5.74, 6) is -0.311. The van der Waals surface area contributed by atoms with Crippen molar-refractivity contribution in [1.29, 1.82) is 0 Å². The van der Waals surface area contributed by atoms with Gasteiger partial charge >= 0.3 is 0 Å². The molecule has 0 heterocycles. The van der Waals surface area contributed by atoms with Crippen molar-refractivity contribution < 1.29 is 9.18 Å². The fraction of sp³-hybridized carbons (Fsp3) is 0.235. The summed E-state index contributed by atoms with van der Waals surface area (Å²) in [5.41, 5.74) is 1.98. The Bertz CT molecular complexity index is 601. The van der Waals surface area contributed by atoms with Gasteiger partial charge in [-0.2, -0.15) is 0 Å². The van der Waals surface area contributed by atoms with E-state index in [1.165, 1.54) is 17.7 Å². The van der Waals surface area contributed by atoms with E-state index in [0.717, 1.165) is 22.9 Å². The van der Waals surface area contributed by atoms with Gasteiger partial charge in [-0.3, -0.25) is 4.79 Å². The van der Waals surface area contributed by atoms with Gasteiger partial charge < -0.3 is 5.32 Å². The molecule has 0 atom stereocenters. The van der Waals surface area contributed by atoms with Crippen LogP contribution < -0.4 is 5.32 Å². The third kappa shape index (κ3) is 5.31. The number of nitrogens with one attached hydrogen (secondary N) is 1. The Hall–Kier alpha value is -1.68. The highest BCUT2D eigenvalue weighted by Gasteiger charge is 2.05. The molecule has 110 valence electrons. The number of amides is 1. The molecule has 4 heteroatoms. The number of hydrogen-bond acceptors (Lipinski definition) is 1. The van der Waals surface area contributed by atoms with Crippen LogP contribution in [0.25, 0.3) is 0 Å². The molecule has 2 aromatic carbocycles. The molecule has 0 aromatic heterocycles. The summed E-state index contributed by atoms with van der Waals surface area (Å²) < 4.78 is 13.9. The molecule has 0 radical (unpaired) electrons. The van der Waals surface area contributed by atoms with E-state index >= 15 is 0 Å². The van der Waals surface area contributed by atoms with Crippen molar-refractivity contribution in [1.82, 2.24) is 5.32 Å². The second kappa shape index (κ2) is 7.93. The summed E-state index contributed by atoms with van der Waals surface area (Å²) >= 11 is 3.35. The average Bonchev–Trinajstić information content (AvgIpc) is 2.49. The highest BCUT2D eigenvalue weighted by molar-refractivity contribution is 9.10. The zero-order valence-corrected chi connectivity index (χ0v) is 13.2. The molecule has 2 nitrogen and oxygen atoms in total. The molecule has 0 bridgehead atoms. The lowest BCUT2D eigenvalue weighted by Gasteiger charge is -2.07. The van der Waals surface area contributed by atoms with Crippen molar-refractivity contribution in [2.75, 3.05) is 0 Å². The molecule has 0 saturated heterocycles. The lowest BCUT2D eigenvalue weighted by molar-refractivity contribution is -0.121. The molecule has 0 aliphatic heterocycles. The molecule has 0 aliphatic carbocycles. The number of halogens is 2. The summed E-state index contributed by atoms with van der Waals surface area (Å²) in [7, 11) is 0. The predicted octanol–water partition coefficient (Wildman–Crippen LogP) is 4.23. The van der Waals surface area contributed by atoms with Crippen LogP contribution in [-0.2, 0) is 17.8 Å². The minimum atomic E-state index is -0.300. The number of carbonyl (C=O) groups is 1. The zero-order valence-electron chi connectivity index (χ0n) is 11.6. The summed E-state index contributed by atoms with van der Waals surface area (Å²) in [6.45, 7) is 0.336. The first kappa shape index (κ1) is 15.7. The first-order valence-corrected chi connectivity index (χ1v) is 7.69. The molecule has 21 heavy (non-hydrogen) atoms. The molecule has 2 aromatic rings. The first-order chi connectivity index (χ1) is 10.1. The van der Waals surface area contributed by atoms with E-state index in [1.807, 2.05) is 18.2 Å². The topological polar surface area (TPSA) is 29.1 Å². The van der Waals surface area contributed by atoms with E-state index < -0.39 is 0 Å². The van der Waals surface area contributed by atoms with Crippen molar-refractivity contribution in [2.45, 2.75) is 25.8 Å². The van der Waals surface area contributed by atoms with Crippen LogP contribution in [-0.4, -0.2) is 5.91 Å². The largest absolute Gasteiger partial charge is 0.352 e. The number of rotatable bonds is 6. The van der Waals surface area contributed by atoms with Gasteiger partial charge in [0, 0.05) is 17.4 Å². The highest BCUT2D eigenvalue weighted by atomic mass is 79.9. The Labute approximate surface area is 132 Å². The third-order valence-corrected chi connectivity index (χ3v) is 3.97. The van der Waals surface area contributed by atoms with Crippen molar-refractivity contribution >= 4 is 21.8 Å². The monoisotopic (exact) mass is 349 g/mol. The van der Waals surface area contributed by atoms with E-state index in [2.05, 4.69) is 33.4 Å². The number of hydrogen-bond donors (Lipinski definition) is 1. The van der Waals surface area contributed by atoms with Crippen LogP contribution in [0.3, 0.4) is 0 Å². The molecule has 2 rings (SSSR count). The minimum absolute atomic E-state index is 0.0120. The van der Waals surface area contributed by atoms with Gasteiger partial charge in [0.1, 0.15) is 5.82 Å². The maximum atomic E-state index is 13.1. The van der Waals surface area contributed by atoms with Gasteiger partial charge in [0.2, 0.25) is 5.91 Å². The van der Waals surface area contributed by atoms with Crippen LogP contribution in [0.4, 0.5) is 4.39 Å². The molecular weight excluding hydrogens is 333 g/mol. The van der Waals surface area contributed by atoms with Crippen LogP contribution in [0.15, 0.2) is 53.0 Å². The van der Waals surface area contributed by atoms with Gasteiger partial charge in [-0.25, -0.2) is 4.39 Å². The standard InChI is InChI=1S/C17H17BrFNO/c18-16-10-9-15(19)11-14(16)12-20-17(21)8-4-7-13-5-2-1-3-6-13/h1-3,5-6,9-11H,4,7-8,12H2,(H,20,21). The normalized spacial score (nSPS) is 10.4. The van der Waals surface area contributed by atoms with Crippen LogP contribution in [0.2, 0.25) is 0 Å². The maximum Gasteiger partial charge on any atom is 0.220 e. The molecule has 0 spiro atoms. The fourth-order valence-corrected chi connectivity index (χ4v) is 2.45. The summed E-state index contributed by atoms with van der Waals surface area (Å²) in [4.78, 5) is 11.8. The lowest BCUT2D eigenvalue weighted by atomic mass is 10.1. The Morgan fingerprint density at radius 3 is 2.67 bits per heavy atom. The van der Waals surface area contributed by atoms with E-state index in [-0.39, 0.29) is 11.7 Å². The van der Waals surface area contributed by atoms with E-state index in [4.69, 9.17) is 0 Å². The van der Waals surface area contributed by atoms with Crippen LogP contribution in [0, 0.1) is 5.82 Å². The molecular formula is C17H17BrFNO. The Morgan fingerprint density at radius 2 is 1.90 bits per heavy atom. The van der Waals surface area contributed by atoms with Gasteiger partial charge in [0.15, 0.2) is 0 Å².